The van der Waals surface area contributed by atoms with Crippen molar-refractivity contribution in [3.63, 3.8) is 0 Å². The van der Waals surface area contributed by atoms with Crippen LogP contribution in [0.1, 0.15) is 37.0 Å². The number of hydrogen-bond donors (Lipinski definition) is 1. The summed E-state index contributed by atoms with van der Waals surface area (Å²) in [6.07, 6.45) is 2.37. The molecule has 1 aromatic rings. The fraction of sp³-hybridized carbons (Fsp3) is 0.500. The zero-order valence-corrected chi connectivity index (χ0v) is 10.8. The monoisotopic (exact) mass is 235 g/mol. The molecule has 3 nitrogen and oxygen atoms in total. The predicted molar refractivity (Wildman–Crippen MR) is 70.3 cm³/mol. The molecule has 0 atom stereocenters. The van der Waals surface area contributed by atoms with E-state index in [1.54, 1.807) is 12.1 Å². The Balaban J connectivity index is 2.53. The quantitative estimate of drug-likeness (QED) is 0.769. The van der Waals surface area contributed by atoms with Crippen LogP contribution >= 0.6 is 0 Å². The maximum atomic E-state index is 11.2. The second kappa shape index (κ2) is 6.94. The molecule has 0 bridgehead atoms. The molecule has 0 fully saturated rings. The van der Waals surface area contributed by atoms with Crippen LogP contribution in [0, 0.1) is 5.92 Å². The molecule has 0 radical (unpaired) electrons. The van der Waals surface area contributed by atoms with Crippen LogP contribution in [0.15, 0.2) is 24.3 Å². The van der Waals surface area contributed by atoms with Crippen molar-refractivity contribution in [2.24, 2.45) is 5.92 Å². The lowest BCUT2D eigenvalue weighted by molar-refractivity contribution is 0.0601. The smallest absolute Gasteiger partial charge is 0.337 e. The molecular weight excluding hydrogens is 214 g/mol. The number of nitrogens with one attached hydrogen (secondary N) is 1. The van der Waals surface area contributed by atoms with E-state index < -0.39 is 0 Å². The Morgan fingerprint density at radius 3 is 2.29 bits per heavy atom. The number of ether oxygens (including phenoxy) is 1. The molecule has 17 heavy (non-hydrogen) atoms. The fourth-order valence-electron chi connectivity index (χ4n) is 1.68. The molecule has 0 spiro atoms. The number of carbonyl (C=O) groups is 1. The minimum absolute atomic E-state index is 0.295. The number of methoxy groups -OCH3 is 1. The van der Waals surface area contributed by atoms with Crippen molar-refractivity contribution in [3.8, 4) is 0 Å². The minimum atomic E-state index is -0.295. The second-order valence-electron chi connectivity index (χ2n) is 4.13. The summed E-state index contributed by atoms with van der Waals surface area (Å²) in [6, 6.07) is 7.38. The van der Waals surface area contributed by atoms with E-state index in [0.717, 1.165) is 12.2 Å². The first kappa shape index (κ1) is 13.6. The van der Waals surface area contributed by atoms with Crippen molar-refractivity contribution < 1.29 is 9.53 Å². The Morgan fingerprint density at radius 1 is 1.24 bits per heavy atom. The van der Waals surface area contributed by atoms with Gasteiger partial charge in [0.2, 0.25) is 0 Å². The molecule has 0 unspecified atom stereocenters. The van der Waals surface area contributed by atoms with Crippen LogP contribution in [0.3, 0.4) is 0 Å². The van der Waals surface area contributed by atoms with Crippen LogP contribution in [0.2, 0.25) is 0 Å². The van der Waals surface area contributed by atoms with Crippen molar-refractivity contribution in [2.75, 3.05) is 19.0 Å². The number of anilines is 1. The van der Waals surface area contributed by atoms with Gasteiger partial charge < -0.3 is 10.1 Å². The Kier molecular flexibility index (Phi) is 5.53. The summed E-state index contributed by atoms with van der Waals surface area (Å²) >= 11 is 0. The van der Waals surface area contributed by atoms with Crippen molar-refractivity contribution in [2.45, 2.75) is 26.7 Å². The fourth-order valence-corrected chi connectivity index (χ4v) is 1.68. The Labute approximate surface area is 103 Å². The van der Waals surface area contributed by atoms with Crippen LogP contribution in [0.5, 0.6) is 0 Å². The largest absolute Gasteiger partial charge is 0.465 e. The maximum absolute atomic E-state index is 11.2. The van der Waals surface area contributed by atoms with Gasteiger partial charge in [0, 0.05) is 12.2 Å². The molecule has 94 valence electrons. The first-order valence-electron chi connectivity index (χ1n) is 6.13. The topological polar surface area (TPSA) is 38.3 Å². The van der Waals surface area contributed by atoms with E-state index in [4.69, 9.17) is 0 Å². The molecule has 0 saturated carbocycles. The number of rotatable bonds is 6. The van der Waals surface area contributed by atoms with Gasteiger partial charge in [-0.1, -0.05) is 26.7 Å². The lowest BCUT2D eigenvalue weighted by Gasteiger charge is -2.14. The average molecular weight is 235 g/mol. The zero-order valence-electron chi connectivity index (χ0n) is 10.8. The molecule has 0 aliphatic rings. The average Bonchev–Trinajstić information content (AvgIpc) is 2.39. The molecule has 1 aromatic carbocycles. The van der Waals surface area contributed by atoms with Gasteiger partial charge in [-0.05, 0) is 30.2 Å². The van der Waals surface area contributed by atoms with Gasteiger partial charge in [-0.25, -0.2) is 4.79 Å². The van der Waals surface area contributed by atoms with Gasteiger partial charge in [0.05, 0.1) is 12.7 Å². The zero-order chi connectivity index (χ0) is 12.7. The third-order valence-electron chi connectivity index (χ3n) is 3.06. The second-order valence-corrected chi connectivity index (χ2v) is 4.13. The summed E-state index contributed by atoms with van der Waals surface area (Å²) in [4.78, 5) is 11.2. The van der Waals surface area contributed by atoms with Crippen molar-refractivity contribution >= 4 is 11.7 Å². The summed E-state index contributed by atoms with van der Waals surface area (Å²) < 4.78 is 4.65. The van der Waals surface area contributed by atoms with Gasteiger partial charge in [0.15, 0.2) is 0 Å². The van der Waals surface area contributed by atoms with Crippen molar-refractivity contribution in [1.29, 1.82) is 0 Å². The highest BCUT2D eigenvalue weighted by Crippen LogP contribution is 2.13. The molecule has 0 heterocycles. The highest BCUT2D eigenvalue weighted by Gasteiger charge is 2.05. The molecule has 1 N–H and O–H groups in total. The standard InChI is InChI=1S/C14H21NO2/c1-4-11(5-2)10-15-13-8-6-12(7-9-13)14(16)17-3/h6-9,11,15H,4-5,10H2,1-3H3. The number of benzene rings is 1. The normalized spacial score (nSPS) is 10.4. The van der Waals surface area contributed by atoms with Crippen LogP contribution in [0.25, 0.3) is 0 Å². The van der Waals surface area contributed by atoms with E-state index in [0.29, 0.717) is 11.5 Å². The van der Waals surface area contributed by atoms with Gasteiger partial charge in [-0.3, -0.25) is 0 Å². The summed E-state index contributed by atoms with van der Waals surface area (Å²) in [5.41, 5.74) is 1.63. The molecule has 0 aliphatic heterocycles. The van der Waals surface area contributed by atoms with E-state index in [2.05, 4.69) is 23.9 Å². The van der Waals surface area contributed by atoms with Crippen LogP contribution < -0.4 is 5.32 Å². The van der Waals surface area contributed by atoms with Crippen molar-refractivity contribution in [1.82, 2.24) is 0 Å². The molecule has 0 aliphatic carbocycles. The number of carbonyl (C=O) groups excluding carboxylic acids is 1. The number of hydrogen-bond acceptors (Lipinski definition) is 3. The summed E-state index contributed by atoms with van der Waals surface area (Å²) in [7, 11) is 1.39. The first-order valence-corrected chi connectivity index (χ1v) is 6.13. The van der Waals surface area contributed by atoms with E-state index in [-0.39, 0.29) is 5.97 Å². The summed E-state index contributed by atoms with van der Waals surface area (Å²) in [5.74, 6) is 0.409. The van der Waals surface area contributed by atoms with E-state index in [1.165, 1.54) is 20.0 Å². The van der Waals surface area contributed by atoms with Gasteiger partial charge in [0.25, 0.3) is 0 Å². The van der Waals surface area contributed by atoms with E-state index in [1.807, 2.05) is 12.1 Å². The molecule has 0 saturated heterocycles. The van der Waals surface area contributed by atoms with Crippen LogP contribution in [0.4, 0.5) is 5.69 Å². The van der Waals surface area contributed by atoms with Crippen LogP contribution in [-0.4, -0.2) is 19.6 Å². The lowest BCUT2D eigenvalue weighted by Crippen LogP contribution is -2.12. The Morgan fingerprint density at radius 2 is 1.82 bits per heavy atom. The third-order valence-corrected chi connectivity index (χ3v) is 3.06. The molecule has 0 amide bonds. The van der Waals surface area contributed by atoms with Gasteiger partial charge in [-0.2, -0.15) is 0 Å². The molecule has 3 heteroatoms. The maximum Gasteiger partial charge on any atom is 0.337 e. The predicted octanol–water partition coefficient (Wildman–Crippen LogP) is 3.32. The Bertz CT molecular complexity index is 342. The summed E-state index contributed by atoms with van der Waals surface area (Å²) in [6.45, 7) is 5.39. The third kappa shape index (κ3) is 4.10. The van der Waals surface area contributed by atoms with E-state index in [9.17, 15) is 4.79 Å². The highest BCUT2D eigenvalue weighted by molar-refractivity contribution is 5.89. The van der Waals surface area contributed by atoms with Gasteiger partial charge >= 0.3 is 5.97 Å². The van der Waals surface area contributed by atoms with Gasteiger partial charge in [-0.15, -0.1) is 0 Å². The molecule has 0 aromatic heterocycles. The highest BCUT2D eigenvalue weighted by atomic mass is 16.5. The van der Waals surface area contributed by atoms with Crippen LogP contribution in [-0.2, 0) is 4.74 Å². The Hall–Kier alpha value is -1.51. The van der Waals surface area contributed by atoms with E-state index >= 15 is 0 Å². The first-order chi connectivity index (χ1) is 8.21. The SMILES string of the molecule is CCC(CC)CNc1ccc(C(=O)OC)cc1. The molecule has 1 rings (SSSR count). The summed E-state index contributed by atoms with van der Waals surface area (Å²) in [5, 5.41) is 3.38. The lowest BCUT2D eigenvalue weighted by atomic mass is 10.0. The number of esters is 1. The minimum Gasteiger partial charge on any atom is -0.465 e. The van der Waals surface area contributed by atoms with Crippen molar-refractivity contribution in [3.05, 3.63) is 29.8 Å². The molecular formula is C14H21NO2. The van der Waals surface area contributed by atoms with Gasteiger partial charge in [0.1, 0.15) is 0 Å².